The molecular formula is C18H23ClN4O. The Labute approximate surface area is 147 Å². The third-order valence-electron chi connectivity index (χ3n) is 4.85. The van der Waals surface area contributed by atoms with Crippen LogP contribution in [-0.4, -0.2) is 52.0 Å². The molecule has 1 aromatic heterocycles. The Morgan fingerprint density at radius 1 is 1.21 bits per heavy atom. The van der Waals surface area contributed by atoms with E-state index in [9.17, 15) is 0 Å². The summed E-state index contributed by atoms with van der Waals surface area (Å²) in [6.07, 6.45) is 3.31. The lowest BCUT2D eigenvalue weighted by Gasteiger charge is -2.32. The molecule has 2 fully saturated rings. The summed E-state index contributed by atoms with van der Waals surface area (Å²) in [5.41, 5.74) is 1.03. The van der Waals surface area contributed by atoms with E-state index in [0.29, 0.717) is 12.0 Å². The highest BCUT2D eigenvalue weighted by molar-refractivity contribution is 6.30. The van der Waals surface area contributed by atoms with Gasteiger partial charge in [0.25, 0.3) is 0 Å². The number of hydrogen-bond acceptors (Lipinski definition) is 4. The summed E-state index contributed by atoms with van der Waals surface area (Å²) in [6, 6.07) is 8.26. The minimum Gasteiger partial charge on any atom is -0.379 e. The minimum atomic E-state index is 0.427. The number of nitrogens with zero attached hydrogens (tertiary/aromatic N) is 4. The molecule has 1 atom stereocenters. The topological polar surface area (TPSA) is 43.2 Å². The average molecular weight is 347 g/mol. The van der Waals surface area contributed by atoms with E-state index in [1.165, 1.54) is 12.8 Å². The molecule has 0 N–H and O–H groups in total. The zero-order valence-electron chi connectivity index (χ0n) is 14.0. The number of rotatable bonds is 5. The van der Waals surface area contributed by atoms with E-state index in [4.69, 9.17) is 26.4 Å². The van der Waals surface area contributed by atoms with Gasteiger partial charge in [-0.1, -0.05) is 11.6 Å². The van der Waals surface area contributed by atoms with Crippen molar-refractivity contribution in [3.05, 3.63) is 40.9 Å². The van der Waals surface area contributed by atoms with Gasteiger partial charge in [-0.15, -0.1) is 0 Å². The second-order valence-electron chi connectivity index (χ2n) is 6.75. The smallest absolute Gasteiger partial charge is 0.154 e. The van der Waals surface area contributed by atoms with Crippen molar-refractivity contribution in [2.75, 3.05) is 26.3 Å². The van der Waals surface area contributed by atoms with Gasteiger partial charge in [0, 0.05) is 36.5 Å². The number of ether oxygens (including phenoxy) is 1. The molecule has 1 aliphatic heterocycles. The van der Waals surface area contributed by atoms with Crippen molar-refractivity contribution in [3.8, 4) is 5.69 Å². The van der Waals surface area contributed by atoms with Crippen LogP contribution in [0.3, 0.4) is 0 Å². The van der Waals surface area contributed by atoms with Gasteiger partial charge in [-0.25, -0.2) is 9.67 Å². The van der Waals surface area contributed by atoms with Gasteiger partial charge in [0.15, 0.2) is 5.82 Å². The van der Waals surface area contributed by atoms with Crippen LogP contribution in [0.5, 0.6) is 0 Å². The van der Waals surface area contributed by atoms with Gasteiger partial charge < -0.3 is 4.74 Å². The SMILES string of the molecule is CC(Cc1nc(C2CC2)nn1-c1ccc(Cl)cc1)N1CCOCC1. The fraction of sp³-hybridized carbons (Fsp3) is 0.556. The molecule has 0 bridgehead atoms. The summed E-state index contributed by atoms with van der Waals surface area (Å²) < 4.78 is 7.46. The van der Waals surface area contributed by atoms with Crippen molar-refractivity contribution in [2.24, 2.45) is 0 Å². The Hall–Kier alpha value is -1.43. The zero-order chi connectivity index (χ0) is 16.5. The van der Waals surface area contributed by atoms with Crippen molar-refractivity contribution in [1.82, 2.24) is 19.7 Å². The van der Waals surface area contributed by atoms with Crippen molar-refractivity contribution in [2.45, 2.75) is 38.1 Å². The molecule has 24 heavy (non-hydrogen) atoms. The minimum absolute atomic E-state index is 0.427. The van der Waals surface area contributed by atoms with E-state index in [-0.39, 0.29) is 0 Å². The first kappa shape index (κ1) is 16.1. The summed E-state index contributed by atoms with van der Waals surface area (Å²) in [6.45, 7) is 5.89. The molecule has 1 unspecified atom stereocenters. The molecule has 2 aliphatic rings. The Morgan fingerprint density at radius 2 is 1.92 bits per heavy atom. The van der Waals surface area contributed by atoms with Crippen molar-refractivity contribution in [1.29, 1.82) is 0 Å². The fourth-order valence-electron chi connectivity index (χ4n) is 3.21. The maximum absolute atomic E-state index is 6.03. The van der Waals surface area contributed by atoms with Gasteiger partial charge in [0.05, 0.1) is 18.9 Å². The molecule has 0 spiro atoms. The maximum atomic E-state index is 6.03. The Balaban J connectivity index is 1.59. The Kier molecular flexibility index (Phi) is 4.57. The first-order valence-corrected chi connectivity index (χ1v) is 9.12. The van der Waals surface area contributed by atoms with Crippen molar-refractivity contribution < 1.29 is 4.74 Å². The Bertz CT molecular complexity index is 690. The van der Waals surface area contributed by atoms with E-state index >= 15 is 0 Å². The third-order valence-corrected chi connectivity index (χ3v) is 5.10. The first-order chi connectivity index (χ1) is 11.7. The summed E-state index contributed by atoms with van der Waals surface area (Å²) in [4.78, 5) is 7.34. The van der Waals surface area contributed by atoms with Crippen LogP contribution in [0, 0.1) is 0 Å². The first-order valence-electron chi connectivity index (χ1n) is 8.74. The van der Waals surface area contributed by atoms with Crippen LogP contribution < -0.4 is 0 Å². The highest BCUT2D eigenvalue weighted by atomic mass is 35.5. The maximum Gasteiger partial charge on any atom is 0.154 e. The van der Waals surface area contributed by atoms with Crippen LogP contribution in [0.15, 0.2) is 24.3 Å². The molecule has 6 heteroatoms. The molecule has 2 aromatic rings. The molecular weight excluding hydrogens is 324 g/mol. The predicted octanol–water partition coefficient (Wildman–Crippen LogP) is 3.06. The molecule has 0 amide bonds. The summed E-state index contributed by atoms with van der Waals surface area (Å²) >= 11 is 6.03. The largest absolute Gasteiger partial charge is 0.379 e. The zero-order valence-corrected chi connectivity index (χ0v) is 14.7. The molecule has 5 nitrogen and oxygen atoms in total. The lowest BCUT2D eigenvalue weighted by molar-refractivity contribution is 0.0199. The van der Waals surface area contributed by atoms with E-state index in [0.717, 1.165) is 55.1 Å². The van der Waals surface area contributed by atoms with E-state index < -0.39 is 0 Å². The van der Waals surface area contributed by atoms with E-state index in [2.05, 4.69) is 11.8 Å². The molecule has 1 saturated heterocycles. The van der Waals surface area contributed by atoms with E-state index in [1.807, 2.05) is 28.9 Å². The predicted molar refractivity (Wildman–Crippen MR) is 93.9 cm³/mol. The van der Waals surface area contributed by atoms with Gasteiger partial charge in [-0.3, -0.25) is 4.90 Å². The number of hydrogen-bond donors (Lipinski definition) is 0. The van der Waals surface area contributed by atoms with Crippen LogP contribution in [-0.2, 0) is 11.2 Å². The van der Waals surface area contributed by atoms with E-state index in [1.54, 1.807) is 0 Å². The van der Waals surface area contributed by atoms with Gasteiger partial charge in [0.2, 0.25) is 0 Å². The van der Waals surface area contributed by atoms with Crippen molar-refractivity contribution in [3.63, 3.8) is 0 Å². The van der Waals surface area contributed by atoms with Crippen molar-refractivity contribution >= 4 is 11.6 Å². The molecule has 128 valence electrons. The molecule has 4 rings (SSSR count). The van der Waals surface area contributed by atoms with Gasteiger partial charge >= 0.3 is 0 Å². The lowest BCUT2D eigenvalue weighted by atomic mass is 10.1. The van der Waals surface area contributed by atoms with Gasteiger partial charge in [-0.2, -0.15) is 5.10 Å². The Morgan fingerprint density at radius 3 is 2.58 bits per heavy atom. The highest BCUT2D eigenvalue weighted by Crippen LogP contribution is 2.38. The monoisotopic (exact) mass is 346 g/mol. The van der Waals surface area contributed by atoms with Crippen LogP contribution in [0.25, 0.3) is 5.69 Å². The molecule has 2 heterocycles. The summed E-state index contributed by atoms with van der Waals surface area (Å²) in [5, 5.41) is 5.53. The van der Waals surface area contributed by atoms with Gasteiger partial charge in [-0.05, 0) is 44.0 Å². The van der Waals surface area contributed by atoms with Crippen LogP contribution in [0.1, 0.15) is 37.3 Å². The summed E-state index contributed by atoms with van der Waals surface area (Å²) in [7, 11) is 0. The van der Waals surface area contributed by atoms with Crippen LogP contribution in [0.4, 0.5) is 0 Å². The third kappa shape index (κ3) is 3.48. The fourth-order valence-corrected chi connectivity index (χ4v) is 3.34. The highest BCUT2D eigenvalue weighted by Gasteiger charge is 2.30. The molecule has 1 saturated carbocycles. The molecule has 1 aliphatic carbocycles. The number of aromatic nitrogens is 3. The lowest BCUT2D eigenvalue weighted by Crippen LogP contribution is -2.43. The quantitative estimate of drug-likeness (QED) is 0.834. The second kappa shape index (κ2) is 6.82. The standard InChI is InChI=1S/C18H23ClN4O/c1-13(22-8-10-24-11-9-22)12-17-20-18(14-2-3-14)21-23(17)16-6-4-15(19)5-7-16/h4-7,13-14H,2-3,8-12H2,1H3. The second-order valence-corrected chi connectivity index (χ2v) is 7.19. The summed E-state index contributed by atoms with van der Waals surface area (Å²) in [5.74, 6) is 2.59. The normalized spacial score (nSPS) is 20.2. The van der Waals surface area contributed by atoms with Crippen LogP contribution in [0.2, 0.25) is 5.02 Å². The van der Waals surface area contributed by atoms with Gasteiger partial charge in [0.1, 0.15) is 5.82 Å². The molecule has 0 radical (unpaired) electrons. The number of benzene rings is 1. The number of morpholine rings is 1. The number of halogens is 1. The van der Waals surface area contributed by atoms with Crippen LogP contribution >= 0.6 is 11.6 Å². The average Bonchev–Trinajstić information content (AvgIpc) is 3.38. The molecule has 1 aromatic carbocycles.